The number of hydrogen-bond acceptors (Lipinski definition) is 5. The van der Waals surface area contributed by atoms with Crippen molar-refractivity contribution in [1.82, 2.24) is 15.1 Å². The zero-order chi connectivity index (χ0) is 13.9. The highest BCUT2D eigenvalue weighted by atomic mass is 32.5. The lowest BCUT2D eigenvalue weighted by molar-refractivity contribution is 0.320. The largest absolute Gasteiger partial charge is 0.414 e. The first kappa shape index (κ1) is 14.9. The van der Waals surface area contributed by atoms with Crippen LogP contribution in [0.2, 0.25) is 0 Å². The van der Waals surface area contributed by atoms with E-state index < -0.39 is 6.64 Å². The minimum Gasteiger partial charge on any atom is -0.414 e. The van der Waals surface area contributed by atoms with Crippen molar-refractivity contribution >= 4 is 18.4 Å². The summed E-state index contributed by atoms with van der Waals surface area (Å²) >= 11 is 5.45. The molecule has 1 aromatic heterocycles. The van der Waals surface area contributed by atoms with Gasteiger partial charge in [0, 0.05) is 24.2 Å². The molecule has 7 heteroatoms. The highest BCUT2D eigenvalue weighted by Gasteiger charge is 2.28. The highest BCUT2D eigenvalue weighted by Crippen LogP contribution is 2.45. The molecule has 1 N–H and O–H groups in total. The first-order valence-corrected chi connectivity index (χ1v) is 9.25. The fourth-order valence-electron chi connectivity index (χ4n) is 1.72. The predicted molar refractivity (Wildman–Crippen MR) is 79.0 cm³/mol. The lowest BCUT2D eigenvalue weighted by Gasteiger charge is -2.22. The Bertz CT molecular complexity index is 484. The second kappa shape index (κ2) is 6.27. The Labute approximate surface area is 119 Å². The first-order valence-electron chi connectivity index (χ1n) is 6.61. The molecule has 0 saturated heterocycles. The first-order chi connectivity index (χ1) is 9.06. The van der Waals surface area contributed by atoms with Crippen molar-refractivity contribution in [2.75, 3.05) is 13.2 Å². The van der Waals surface area contributed by atoms with E-state index in [9.17, 15) is 0 Å². The molecule has 0 aromatic carbocycles. The van der Waals surface area contributed by atoms with Gasteiger partial charge in [-0.25, -0.2) is 10.1 Å². The van der Waals surface area contributed by atoms with Crippen LogP contribution >= 0.6 is 6.64 Å². The lowest BCUT2D eigenvalue weighted by Crippen LogP contribution is -2.16. The van der Waals surface area contributed by atoms with Crippen molar-refractivity contribution < 1.29 is 9.05 Å². The Morgan fingerprint density at radius 3 is 2.74 bits per heavy atom. The van der Waals surface area contributed by atoms with Crippen LogP contribution < -0.4 is 9.61 Å². The molecule has 1 aliphatic rings. The van der Waals surface area contributed by atoms with E-state index in [0.717, 1.165) is 24.4 Å². The number of nitrogens with one attached hydrogen (secondary N) is 1. The van der Waals surface area contributed by atoms with E-state index in [1.807, 2.05) is 26.8 Å². The van der Waals surface area contributed by atoms with E-state index >= 15 is 0 Å². The molecule has 5 nitrogen and oxygen atoms in total. The number of rotatable bonds is 7. The average Bonchev–Trinajstić information content (AvgIpc) is 3.11. The third-order valence-corrected chi connectivity index (χ3v) is 5.31. The third kappa shape index (κ3) is 4.21. The van der Waals surface area contributed by atoms with Crippen molar-refractivity contribution in [1.29, 1.82) is 0 Å². The summed E-state index contributed by atoms with van der Waals surface area (Å²) in [5.74, 6) is 1.88. The van der Waals surface area contributed by atoms with Crippen molar-refractivity contribution in [3.63, 3.8) is 0 Å². The van der Waals surface area contributed by atoms with E-state index in [4.69, 9.17) is 20.9 Å². The lowest BCUT2D eigenvalue weighted by atomic mass is 10.3. The van der Waals surface area contributed by atoms with Crippen LogP contribution in [0, 0.1) is 6.92 Å². The zero-order valence-electron chi connectivity index (χ0n) is 11.5. The zero-order valence-corrected chi connectivity index (χ0v) is 13.3. The van der Waals surface area contributed by atoms with Gasteiger partial charge in [-0.05, 0) is 38.5 Å². The van der Waals surface area contributed by atoms with Gasteiger partial charge in [0.2, 0.25) is 5.88 Å². The second-order valence-electron chi connectivity index (χ2n) is 4.50. The van der Waals surface area contributed by atoms with Gasteiger partial charge in [-0.2, -0.15) is 4.98 Å². The summed E-state index contributed by atoms with van der Waals surface area (Å²) in [6.45, 7) is 4.55. The maximum Gasteiger partial charge on any atom is 0.314 e. The Hall–Kier alpha value is -0.550. The minimum atomic E-state index is -2.50. The van der Waals surface area contributed by atoms with Crippen molar-refractivity contribution in [2.24, 2.45) is 0 Å². The summed E-state index contributed by atoms with van der Waals surface area (Å²) in [6, 6.07) is 1.81. The standard InChI is InChI=1S/C12H20N3O2PS/c1-4-13-18(19,16-5-2)17-11-8-9(3)14-12(15-11)10-6-7-10/h8,10H,4-7H2,1-3H3,(H,13,19). The average molecular weight is 301 g/mol. The fraction of sp³-hybridized carbons (Fsp3) is 0.667. The van der Waals surface area contributed by atoms with E-state index in [-0.39, 0.29) is 0 Å². The number of hydrogen-bond donors (Lipinski definition) is 1. The van der Waals surface area contributed by atoms with Gasteiger partial charge in [0.05, 0.1) is 6.61 Å². The highest BCUT2D eigenvalue weighted by molar-refractivity contribution is 8.09. The van der Waals surface area contributed by atoms with Gasteiger partial charge in [0.15, 0.2) is 0 Å². The van der Waals surface area contributed by atoms with Crippen molar-refractivity contribution in [2.45, 2.75) is 39.5 Å². The van der Waals surface area contributed by atoms with Gasteiger partial charge in [0.25, 0.3) is 0 Å². The minimum absolute atomic E-state index is 0.492. The van der Waals surface area contributed by atoms with E-state index in [0.29, 0.717) is 24.9 Å². The van der Waals surface area contributed by atoms with Crippen molar-refractivity contribution in [3.05, 3.63) is 17.6 Å². The summed E-state index contributed by atoms with van der Waals surface area (Å²) in [7, 11) is 0. The SMILES string of the molecule is CCNP(=S)(OCC)Oc1cc(C)nc(C2CC2)n1. The van der Waals surface area contributed by atoms with Gasteiger partial charge in [-0.3, -0.25) is 0 Å². The Morgan fingerprint density at radius 2 is 2.16 bits per heavy atom. The summed E-state index contributed by atoms with van der Waals surface area (Å²) in [5, 5.41) is 3.11. The maximum atomic E-state index is 5.82. The number of aromatic nitrogens is 2. The fourth-order valence-corrected chi connectivity index (χ4v) is 3.93. The second-order valence-corrected chi connectivity index (χ2v) is 7.69. The molecule has 1 unspecified atom stereocenters. The molecule has 1 heterocycles. The van der Waals surface area contributed by atoms with E-state index in [2.05, 4.69) is 15.1 Å². The molecule has 0 spiro atoms. The maximum absolute atomic E-state index is 5.82. The quantitative estimate of drug-likeness (QED) is 0.782. The van der Waals surface area contributed by atoms with Gasteiger partial charge in [-0.15, -0.1) is 0 Å². The van der Waals surface area contributed by atoms with Crippen LogP contribution in [0.3, 0.4) is 0 Å². The molecule has 1 fully saturated rings. The Morgan fingerprint density at radius 1 is 1.42 bits per heavy atom. The number of aryl methyl sites for hydroxylation is 1. The Balaban J connectivity index is 2.18. The molecular weight excluding hydrogens is 281 g/mol. The summed E-state index contributed by atoms with van der Waals surface area (Å²) in [4.78, 5) is 8.90. The van der Waals surface area contributed by atoms with Crippen LogP contribution in [0.5, 0.6) is 5.88 Å². The molecule has 19 heavy (non-hydrogen) atoms. The van der Waals surface area contributed by atoms with Gasteiger partial charge < -0.3 is 9.05 Å². The summed E-state index contributed by atoms with van der Waals surface area (Å²) < 4.78 is 11.4. The molecule has 0 amide bonds. The molecule has 2 rings (SSSR count). The van der Waals surface area contributed by atoms with E-state index in [1.165, 1.54) is 0 Å². The van der Waals surface area contributed by atoms with Crippen LogP contribution in [-0.4, -0.2) is 23.1 Å². The normalized spacial score (nSPS) is 18.1. The predicted octanol–water partition coefficient (Wildman–Crippen LogP) is 2.91. The molecule has 0 bridgehead atoms. The monoisotopic (exact) mass is 301 g/mol. The molecule has 1 aliphatic carbocycles. The molecule has 106 valence electrons. The van der Waals surface area contributed by atoms with Crippen LogP contribution in [0.15, 0.2) is 6.07 Å². The van der Waals surface area contributed by atoms with Gasteiger partial charge in [0.1, 0.15) is 5.82 Å². The third-order valence-electron chi connectivity index (χ3n) is 2.66. The topological polar surface area (TPSA) is 56.3 Å². The van der Waals surface area contributed by atoms with Crippen LogP contribution in [0.25, 0.3) is 0 Å². The van der Waals surface area contributed by atoms with Gasteiger partial charge >= 0.3 is 6.64 Å². The number of nitrogens with zero attached hydrogens (tertiary/aromatic N) is 2. The summed E-state index contributed by atoms with van der Waals surface area (Å²) in [5.41, 5.74) is 0.904. The van der Waals surface area contributed by atoms with Gasteiger partial charge in [-0.1, -0.05) is 6.92 Å². The molecular formula is C12H20N3O2PS. The molecule has 1 atom stereocenters. The van der Waals surface area contributed by atoms with E-state index in [1.54, 1.807) is 0 Å². The molecule has 0 radical (unpaired) electrons. The van der Waals surface area contributed by atoms with Crippen LogP contribution in [0.1, 0.15) is 44.1 Å². The smallest absolute Gasteiger partial charge is 0.314 e. The molecule has 1 aromatic rings. The van der Waals surface area contributed by atoms with Crippen LogP contribution in [0.4, 0.5) is 0 Å². The Kier molecular flexibility index (Phi) is 4.90. The molecule has 1 saturated carbocycles. The summed E-state index contributed by atoms with van der Waals surface area (Å²) in [6.07, 6.45) is 2.32. The molecule has 0 aliphatic heterocycles. The van der Waals surface area contributed by atoms with Crippen molar-refractivity contribution in [3.8, 4) is 5.88 Å². The van der Waals surface area contributed by atoms with Crippen LogP contribution in [-0.2, 0) is 16.3 Å².